The summed E-state index contributed by atoms with van der Waals surface area (Å²) in [5, 5.41) is 2.89. The first kappa shape index (κ1) is 14.8. The van der Waals surface area contributed by atoms with Gasteiger partial charge in [0.15, 0.2) is 0 Å². The molecule has 0 bridgehead atoms. The minimum absolute atomic E-state index is 0.00819. The van der Waals surface area contributed by atoms with Crippen molar-refractivity contribution in [3.8, 4) is 5.75 Å². The van der Waals surface area contributed by atoms with E-state index >= 15 is 0 Å². The van der Waals surface area contributed by atoms with Gasteiger partial charge in [-0.15, -0.1) is 11.6 Å². The van der Waals surface area contributed by atoms with Gasteiger partial charge in [0, 0.05) is 17.5 Å². The highest BCUT2D eigenvalue weighted by atomic mass is 35.5. The summed E-state index contributed by atoms with van der Waals surface area (Å²) >= 11 is 5.76. The topological polar surface area (TPSA) is 38.3 Å². The Balaban J connectivity index is 2.73. The molecule has 18 heavy (non-hydrogen) atoms. The number of carbonyl (C=O) groups excluding carboxylic acids is 1. The van der Waals surface area contributed by atoms with Gasteiger partial charge in [0.2, 0.25) is 0 Å². The first-order valence-electron chi connectivity index (χ1n) is 6.20. The lowest BCUT2D eigenvalue weighted by atomic mass is 10.1. The summed E-state index contributed by atoms with van der Waals surface area (Å²) in [6, 6.07) is 7.18. The average Bonchev–Trinajstić information content (AvgIpc) is 2.35. The van der Waals surface area contributed by atoms with Gasteiger partial charge < -0.3 is 10.1 Å². The van der Waals surface area contributed by atoms with Gasteiger partial charge in [0.05, 0.1) is 6.10 Å². The SMILES string of the molecule is CCC(CCl)NC(=O)c1cccc(OC(C)C)c1. The van der Waals surface area contributed by atoms with E-state index in [2.05, 4.69) is 5.32 Å². The quantitative estimate of drug-likeness (QED) is 0.806. The summed E-state index contributed by atoms with van der Waals surface area (Å²) in [4.78, 5) is 12.0. The number of nitrogens with one attached hydrogen (secondary N) is 1. The van der Waals surface area contributed by atoms with Gasteiger partial charge in [-0.1, -0.05) is 13.0 Å². The molecular weight excluding hydrogens is 250 g/mol. The highest BCUT2D eigenvalue weighted by molar-refractivity contribution is 6.18. The molecule has 0 aliphatic carbocycles. The number of halogens is 1. The van der Waals surface area contributed by atoms with E-state index in [0.29, 0.717) is 17.2 Å². The molecule has 0 saturated heterocycles. The number of carbonyl (C=O) groups is 1. The number of alkyl halides is 1. The van der Waals surface area contributed by atoms with Gasteiger partial charge in [-0.25, -0.2) is 0 Å². The van der Waals surface area contributed by atoms with Gasteiger partial charge in [-0.05, 0) is 38.5 Å². The van der Waals surface area contributed by atoms with Crippen LogP contribution in [0.1, 0.15) is 37.6 Å². The summed E-state index contributed by atoms with van der Waals surface area (Å²) in [6.07, 6.45) is 0.909. The summed E-state index contributed by atoms with van der Waals surface area (Å²) in [6.45, 7) is 5.90. The van der Waals surface area contributed by atoms with E-state index in [4.69, 9.17) is 16.3 Å². The average molecular weight is 270 g/mol. The molecule has 4 heteroatoms. The van der Waals surface area contributed by atoms with E-state index in [1.54, 1.807) is 12.1 Å². The van der Waals surface area contributed by atoms with Crippen LogP contribution in [0.2, 0.25) is 0 Å². The minimum atomic E-state index is -0.114. The van der Waals surface area contributed by atoms with Crippen molar-refractivity contribution in [3.05, 3.63) is 29.8 Å². The Bertz CT molecular complexity index is 389. The number of ether oxygens (including phenoxy) is 1. The fourth-order valence-corrected chi connectivity index (χ4v) is 1.80. The first-order chi connectivity index (χ1) is 8.56. The molecule has 1 amide bonds. The zero-order chi connectivity index (χ0) is 13.5. The Morgan fingerprint density at radius 1 is 1.44 bits per heavy atom. The van der Waals surface area contributed by atoms with Crippen molar-refractivity contribution in [2.75, 3.05) is 5.88 Å². The largest absolute Gasteiger partial charge is 0.491 e. The molecule has 0 heterocycles. The van der Waals surface area contributed by atoms with Crippen LogP contribution in [-0.4, -0.2) is 23.9 Å². The zero-order valence-electron chi connectivity index (χ0n) is 11.1. The normalized spacial score (nSPS) is 12.3. The van der Waals surface area contributed by atoms with Crippen molar-refractivity contribution in [2.24, 2.45) is 0 Å². The molecule has 0 fully saturated rings. The molecule has 1 aromatic rings. The number of amides is 1. The Hall–Kier alpha value is -1.22. The molecule has 1 atom stereocenters. The maximum atomic E-state index is 12.0. The van der Waals surface area contributed by atoms with E-state index in [0.717, 1.165) is 6.42 Å². The van der Waals surface area contributed by atoms with Crippen LogP contribution in [0.5, 0.6) is 5.75 Å². The second kappa shape index (κ2) is 7.27. The molecule has 1 N–H and O–H groups in total. The predicted octanol–water partition coefficient (Wildman–Crippen LogP) is 3.22. The molecule has 1 unspecified atom stereocenters. The minimum Gasteiger partial charge on any atom is -0.491 e. The van der Waals surface area contributed by atoms with Crippen LogP contribution in [0.25, 0.3) is 0 Å². The van der Waals surface area contributed by atoms with Gasteiger partial charge in [0.1, 0.15) is 5.75 Å². The van der Waals surface area contributed by atoms with Crippen LogP contribution in [0.15, 0.2) is 24.3 Å². The maximum Gasteiger partial charge on any atom is 0.251 e. The number of hydrogen-bond donors (Lipinski definition) is 1. The maximum absolute atomic E-state index is 12.0. The molecule has 0 aliphatic rings. The van der Waals surface area contributed by atoms with Crippen molar-refractivity contribution in [1.29, 1.82) is 0 Å². The summed E-state index contributed by atoms with van der Waals surface area (Å²) < 4.78 is 5.56. The summed E-state index contributed by atoms with van der Waals surface area (Å²) in [7, 11) is 0. The van der Waals surface area contributed by atoms with E-state index < -0.39 is 0 Å². The smallest absolute Gasteiger partial charge is 0.251 e. The monoisotopic (exact) mass is 269 g/mol. The van der Waals surface area contributed by atoms with Gasteiger partial charge in [-0.2, -0.15) is 0 Å². The molecule has 3 nitrogen and oxygen atoms in total. The first-order valence-corrected chi connectivity index (χ1v) is 6.73. The van der Waals surface area contributed by atoms with Crippen molar-refractivity contribution in [1.82, 2.24) is 5.32 Å². The van der Waals surface area contributed by atoms with E-state index in [-0.39, 0.29) is 18.1 Å². The molecule has 100 valence electrons. The lowest BCUT2D eigenvalue weighted by Gasteiger charge is -2.15. The van der Waals surface area contributed by atoms with E-state index in [9.17, 15) is 4.79 Å². The molecule has 0 aromatic heterocycles. The zero-order valence-corrected chi connectivity index (χ0v) is 11.8. The van der Waals surface area contributed by atoms with Crippen molar-refractivity contribution in [3.63, 3.8) is 0 Å². The number of benzene rings is 1. The lowest BCUT2D eigenvalue weighted by molar-refractivity contribution is 0.0939. The standard InChI is InChI=1S/C14H20ClNO2/c1-4-12(9-15)16-14(17)11-6-5-7-13(8-11)18-10(2)3/h5-8,10,12H,4,9H2,1-3H3,(H,16,17). The van der Waals surface area contributed by atoms with E-state index in [1.165, 1.54) is 0 Å². The van der Waals surface area contributed by atoms with Gasteiger partial charge >= 0.3 is 0 Å². The Labute approximate surface area is 113 Å². The molecule has 0 spiro atoms. The van der Waals surface area contributed by atoms with Crippen LogP contribution in [0.3, 0.4) is 0 Å². The molecular formula is C14H20ClNO2. The molecule has 1 aromatic carbocycles. The van der Waals surface area contributed by atoms with Gasteiger partial charge in [-0.3, -0.25) is 4.79 Å². The van der Waals surface area contributed by atoms with Crippen molar-refractivity contribution in [2.45, 2.75) is 39.3 Å². The van der Waals surface area contributed by atoms with E-state index in [1.807, 2.05) is 32.9 Å². The second-order valence-corrected chi connectivity index (χ2v) is 4.74. The Morgan fingerprint density at radius 3 is 2.72 bits per heavy atom. The predicted molar refractivity (Wildman–Crippen MR) is 74.5 cm³/mol. The molecule has 0 radical (unpaired) electrons. The van der Waals surface area contributed by atoms with Crippen molar-refractivity contribution < 1.29 is 9.53 Å². The molecule has 0 saturated carbocycles. The van der Waals surface area contributed by atoms with Crippen LogP contribution >= 0.6 is 11.6 Å². The lowest BCUT2D eigenvalue weighted by Crippen LogP contribution is -2.35. The van der Waals surface area contributed by atoms with Crippen LogP contribution in [-0.2, 0) is 0 Å². The Kier molecular flexibility index (Phi) is 5.99. The van der Waals surface area contributed by atoms with Crippen molar-refractivity contribution >= 4 is 17.5 Å². The van der Waals surface area contributed by atoms with Gasteiger partial charge in [0.25, 0.3) is 5.91 Å². The third-order valence-corrected chi connectivity index (χ3v) is 2.85. The third kappa shape index (κ3) is 4.57. The molecule has 0 aliphatic heterocycles. The molecule has 1 rings (SSSR count). The number of hydrogen-bond acceptors (Lipinski definition) is 2. The third-order valence-electron chi connectivity index (χ3n) is 2.48. The van der Waals surface area contributed by atoms with Crippen LogP contribution in [0, 0.1) is 0 Å². The highest BCUT2D eigenvalue weighted by Gasteiger charge is 2.12. The highest BCUT2D eigenvalue weighted by Crippen LogP contribution is 2.15. The second-order valence-electron chi connectivity index (χ2n) is 4.43. The fourth-order valence-electron chi connectivity index (χ4n) is 1.50. The Morgan fingerprint density at radius 2 is 2.17 bits per heavy atom. The van der Waals surface area contributed by atoms with Crippen LogP contribution < -0.4 is 10.1 Å². The summed E-state index contributed by atoms with van der Waals surface area (Å²) in [5.41, 5.74) is 0.594. The van der Waals surface area contributed by atoms with Crippen LogP contribution in [0.4, 0.5) is 0 Å². The number of rotatable bonds is 6. The summed E-state index contributed by atoms with van der Waals surface area (Å²) in [5.74, 6) is 1.01. The fraction of sp³-hybridized carbons (Fsp3) is 0.500.